The van der Waals surface area contributed by atoms with Crippen molar-refractivity contribution in [3.05, 3.63) is 84.2 Å². The van der Waals surface area contributed by atoms with Crippen LogP contribution in [0.15, 0.2) is 73.1 Å². The lowest BCUT2D eigenvalue weighted by Crippen LogP contribution is -2.23. The van der Waals surface area contributed by atoms with Crippen LogP contribution in [0.1, 0.15) is 17.4 Å². The topological polar surface area (TPSA) is 26.6 Å². The number of rotatable bonds is 5. The van der Waals surface area contributed by atoms with Gasteiger partial charge in [-0.2, -0.15) is 0 Å². The zero-order valence-corrected chi connectivity index (χ0v) is 14.3. The molecule has 1 atom stereocenters. The van der Waals surface area contributed by atoms with E-state index in [2.05, 4.69) is 64.3 Å². The fourth-order valence-corrected chi connectivity index (χ4v) is 3.28. The van der Waals surface area contributed by atoms with E-state index in [1.54, 1.807) is 7.11 Å². The molecule has 1 aliphatic heterocycles. The third-order valence-corrected chi connectivity index (χ3v) is 4.57. The van der Waals surface area contributed by atoms with Crippen molar-refractivity contribution in [2.75, 3.05) is 20.3 Å². The number of nitrogens with zero attached hydrogens (tertiary/aromatic N) is 2. The van der Waals surface area contributed by atoms with E-state index in [0.717, 1.165) is 31.1 Å². The highest BCUT2D eigenvalue weighted by atomic mass is 16.5. The van der Waals surface area contributed by atoms with Crippen LogP contribution in [0.3, 0.4) is 0 Å². The summed E-state index contributed by atoms with van der Waals surface area (Å²) in [6.45, 7) is 2.61. The lowest BCUT2D eigenvalue weighted by Gasteiger charge is -2.22. The van der Waals surface area contributed by atoms with Crippen LogP contribution >= 0.6 is 0 Å². The number of aromatic nitrogens is 1. The fraction of sp³-hybridized carbons (Fsp3) is 0.238. The molecule has 0 unspecified atom stereocenters. The van der Waals surface area contributed by atoms with Gasteiger partial charge in [0.1, 0.15) is 12.0 Å². The minimum Gasteiger partial charge on any atom is -0.497 e. The molecule has 25 heavy (non-hydrogen) atoms. The second-order valence-electron chi connectivity index (χ2n) is 6.23. The summed E-state index contributed by atoms with van der Waals surface area (Å²) in [6.07, 6.45) is 4.22. The van der Waals surface area contributed by atoms with Crippen molar-refractivity contribution < 1.29 is 9.47 Å². The molecule has 0 radical (unpaired) electrons. The summed E-state index contributed by atoms with van der Waals surface area (Å²) in [7, 11) is 1.69. The van der Waals surface area contributed by atoms with Crippen molar-refractivity contribution in [2.45, 2.75) is 12.8 Å². The molecule has 4 nitrogen and oxygen atoms in total. The minimum atomic E-state index is 0.00654. The largest absolute Gasteiger partial charge is 0.497 e. The minimum absolute atomic E-state index is 0.00654. The molecule has 1 saturated heterocycles. The summed E-state index contributed by atoms with van der Waals surface area (Å²) in [6, 6.07) is 20.7. The second-order valence-corrected chi connectivity index (χ2v) is 6.23. The molecule has 4 rings (SSSR count). The van der Waals surface area contributed by atoms with Crippen molar-refractivity contribution in [1.29, 1.82) is 0 Å². The van der Waals surface area contributed by atoms with E-state index in [9.17, 15) is 0 Å². The smallest absolute Gasteiger partial charge is 0.138 e. The average molecular weight is 334 g/mol. The van der Waals surface area contributed by atoms with Crippen LogP contribution in [-0.2, 0) is 11.3 Å². The summed E-state index contributed by atoms with van der Waals surface area (Å²) in [5.41, 5.74) is 3.57. The zero-order chi connectivity index (χ0) is 17.1. The van der Waals surface area contributed by atoms with Crippen LogP contribution in [0.5, 0.6) is 5.75 Å². The summed E-state index contributed by atoms with van der Waals surface area (Å²) in [5.74, 6) is 0.857. The molecular formula is C21H22N2O2. The van der Waals surface area contributed by atoms with Gasteiger partial charge in [-0.15, -0.1) is 0 Å². The molecule has 0 bridgehead atoms. The van der Waals surface area contributed by atoms with Crippen LogP contribution < -0.4 is 4.74 Å². The maximum Gasteiger partial charge on any atom is 0.138 e. The molecule has 1 fully saturated rings. The highest BCUT2D eigenvalue weighted by Crippen LogP contribution is 2.29. The summed E-state index contributed by atoms with van der Waals surface area (Å²) in [4.78, 5) is 2.38. The van der Waals surface area contributed by atoms with Crippen molar-refractivity contribution >= 4 is 0 Å². The molecule has 0 saturated carbocycles. The van der Waals surface area contributed by atoms with Crippen LogP contribution in [-0.4, -0.2) is 29.7 Å². The van der Waals surface area contributed by atoms with Crippen LogP contribution in [0.2, 0.25) is 0 Å². The van der Waals surface area contributed by atoms with E-state index in [-0.39, 0.29) is 6.23 Å². The van der Waals surface area contributed by atoms with Crippen LogP contribution in [0.25, 0.3) is 5.69 Å². The Bertz CT molecular complexity index is 829. The predicted molar refractivity (Wildman–Crippen MR) is 97.9 cm³/mol. The summed E-state index contributed by atoms with van der Waals surface area (Å²) in [5, 5.41) is 0. The number of hydrogen-bond acceptors (Lipinski definition) is 3. The molecule has 128 valence electrons. The highest BCUT2D eigenvalue weighted by molar-refractivity contribution is 5.40. The first-order valence-electron chi connectivity index (χ1n) is 8.55. The van der Waals surface area contributed by atoms with Crippen molar-refractivity contribution in [2.24, 2.45) is 0 Å². The van der Waals surface area contributed by atoms with Gasteiger partial charge in [0.25, 0.3) is 0 Å². The Hall–Kier alpha value is -2.56. The third kappa shape index (κ3) is 3.45. The van der Waals surface area contributed by atoms with Crippen molar-refractivity contribution in [3.63, 3.8) is 0 Å². The molecule has 1 aromatic heterocycles. The van der Waals surface area contributed by atoms with Crippen LogP contribution in [0, 0.1) is 0 Å². The quantitative estimate of drug-likeness (QED) is 0.705. The van der Waals surface area contributed by atoms with Gasteiger partial charge < -0.3 is 14.0 Å². The summed E-state index contributed by atoms with van der Waals surface area (Å²) >= 11 is 0. The molecule has 3 aromatic rings. The van der Waals surface area contributed by atoms with Crippen molar-refractivity contribution in [1.82, 2.24) is 9.47 Å². The fourth-order valence-electron chi connectivity index (χ4n) is 3.28. The van der Waals surface area contributed by atoms with Gasteiger partial charge in [0.05, 0.1) is 13.7 Å². The average Bonchev–Trinajstić information content (AvgIpc) is 3.32. The Labute approximate surface area is 148 Å². The van der Waals surface area contributed by atoms with Gasteiger partial charge in [0.15, 0.2) is 0 Å². The van der Waals surface area contributed by atoms with E-state index in [1.165, 1.54) is 11.1 Å². The molecule has 0 aliphatic carbocycles. The molecular weight excluding hydrogens is 312 g/mol. The van der Waals surface area contributed by atoms with Gasteiger partial charge in [-0.1, -0.05) is 36.4 Å². The van der Waals surface area contributed by atoms with E-state index in [4.69, 9.17) is 9.47 Å². The zero-order valence-electron chi connectivity index (χ0n) is 14.3. The Balaban J connectivity index is 1.54. The maximum atomic E-state index is 6.01. The SMILES string of the molecule is COc1cccc(-n2ccc([C@H]3OCCN3Cc3ccccc3)c2)c1. The lowest BCUT2D eigenvalue weighted by molar-refractivity contribution is 0.0288. The van der Waals surface area contributed by atoms with Gasteiger partial charge in [-0.3, -0.25) is 4.90 Å². The monoisotopic (exact) mass is 334 g/mol. The predicted octanol–water partition coefficient (Wildman–Crippen LogP) is 4.02. The first kappa shape index (κ1) is 15.9. The molecule has 4 heteroatoms. The molecule has 2 aromatic carbocycles. The Kier molecular flexibility index (Phi) is 4.55. The Morgan fingerprint density at radius 1 is 1.08 bits per heavy atom. The van der Waals surface area contributed by atoms with E-state index < -0.39 is 0 Å². The molecule has 1 aliphatic rings. The third-order valence-electron chi connectivity index (χ3n) is 4.57. The Morgan fingerprint density at radius 2 is 1.96 bits per heavy atom. The highest BCUT2D eigenvalue weighted by Gasteiger charge is 2.27. The van der Waals surface area contributed by atoms with Gasteiger partial charge >= 0.3 is 0 Å². The Morgan fingerprint density at radius 3 is 2.80 bits per heavy atom. The number of methoxy groups -OCH3 is 1. The van der Waals surface area contributed by atoms with E-state index >= 15 is 0 Å². The normalized spacial score (nSPS) is 17.7. The summed E-state index contributed by atoms with van der Waals surface area (Å²) < 4.78 is 13.4. The molecule has 0 spiro atoms. The number of ether oxygens (including phenoxy) is 2. The number of benzene rings is 2. The van der Waals surface area contributed by atoms with E-state index in [1.807, 2.05) is 18.2 Å². The van der Waals surface area contributed by atoms with E-state index in [0.29, 0.717) is 0 Å². The van der Waals surface area contributed by atoms with Gasteiger partial charge in [0.2, 0.25) is 0 Å². The van der Waals surface area contributed by atoms with Gasteiger partial charge in [0, 0.05) is 42.8 Å². The first-order valence-corrected chi connectivity index (χ1v) is 8.55. The maximum absolute atomic E-state index is 6.01. The van der Waals surface area contributed by atoms with Gasteiger partial charge in [-0.05, 0) is 23.8 Å². The lowest BCUT2D eigenvalue weighted by atomic mass is 10.2. The molecule has 0 N–H and O–H groups in total. The number of hydrogen-bond donors (Lipinski definition) is 0. The molecule has 0 amide bonds. The standard InChI is InChI=1S/C21H22N2O2/c1-24-20-9-5-8-19(14-20)22-11-10-18(16-22)21-23(12-13-25-21)15-17-6-3-2-4-7-17/h2-11,14,16,21H,12-13,15H2,1H3/t21-/m1/s1. The second kappa shape index (κ2) is 7.13. The van der Waals surface area contributed by atoms with Gasteiger partial charge in [-0.25, -0.2) is 0 Å². The van der Waals surface area contributed by atoms with Crippen LogP contribution in [0.4, 0.5) is 0 Å². The van der Waals surface area contributed by atoms with Crippen molar-refractivity contribution in [3.8, 4) is 11.4 Å². The molecule has 2 heterocycles. The first-order chi connectivity index (χ1) is 12.3.